The van der Waals surface area contributed by atoms with Crippen molar-refractivity contribution in [2.24, 2.45) is 0 Å². The molecule has 0 aromatic heterocycles. The van der Waals surface area contributed by atoms with Gasteiger partial charge in [-0.15, -0.1) is 0 Å². The van der Waals surface area contributed by atoms with E-state index >= 15 is 0 Å². The largest absolute Gasteiger partial charge is 0.341 e. The highest BCUT2D eigenvalue weighted by atomic mass is 16.1. The van der Waals surface area contributed by atoms with E-state index in [0.29, 0.717) is 13.0 Å². The molecule has 0 spiro atoms. The minimum Gasteiger partial charge on any atom is -0.341 e. The Kier molecular flexibility index (Phi) is 3.92. The molecule has 0 aliphatic carbocycles. The van der Waals surface area contributed by atoms with E-state index in [1.54, 1.807) is 0 Å². The average molecular weight is 225 g/mol. The Hall–Kier alpha value is -2.09. The molecule has 0 radical (unpaired) electrons. The molecule has 0 aliphatic heterocycles. The molecule has 17 heavy (non-hydrogen) atoms. The van der Waals surface area contributed by atoms with Crippen molar-refractivity contribution in [3.63, 3.8) is 0 Å². The molecule has 0 saturated carbocycles. The van der Waals surface area contributed by atoms with Crippen LogP contribution in [0.3, 0.4) is 0 Å². The second-order valence-corrected chi connectivity index (χ2v) is 3.78. The maximum Gasteiger partial charge on any atom is 0.121 e. The summed E-state index contributed by atoms with van der Waals surface area (Å²) in [6.45, 7) is 0.706. The quantitative estimate of drug-likeness (QED) is 0.727. The van der Waals surface area contributed by atoms with Gasteiger partial charge in [0.2, 0.25) is 0 Å². The lowest BCUT2D eigenvalue weighted by molar-refractivity contribution is -0.107. The van der Waals surface area contributed by atoms with Crippen molar-refractivity contribution >= 4 is 17.7 Å². The number of para-hydroxylation sites is 2. The van der Waals surface area contributed by atoms with Crippen LogP contribution in [0.4, 0.5) is 11.4 Å². The summed E-state index contributed by atoms with van der Waals surface area (Å²) in [6.07, 6.45) is 1.49. The van der Waals surface area contributed by atoms with Gasteiger partial charge < -0.3 is 9.69 Å². The molecule has 0 heterocycles. The van der Waals surface area contributed by atoms with Crippen LogP contribution in [-0.4, -0.2) is 12.8 Å². The van der Waals surface area contributed by atoms with E-state index in [2.05, 4.69) is 29.2 Å². The maximum atomic E-state index is 10.5. The van der Waals surface area contributed by atoms with Crippen molar-refractivity contribution in [1.29, 1.82) is 0 Å². The van der Waals surface area contributed by atoms with Crippen LogP contribution >= 0.6 is 0 Å². The highest BCUT2D eigenvalue weighted by Crippen LogP contribution is 2.24. The van der Waals surface area contributed by atoms with Crippen LogP contribution in [-0.2, 0) is 4.79 Å². The molecule has 2 nitrogen and oxygen atoms in total. The van der Waals surface area contributed by atoms with E-state index in [1.807, 2.05) is 36.4 Å². The molecule has 86 valence electrons. The molecule has 0 aliphatic rings. The summed E-state index contributed by atoms with van der Waals surface area (Å²) in [5, 5.41) is 0. The Morgan fingerprint density at radius 2 is 1.29 bits per heavy atom. The molecule has 0 N–H and O–H groups in total. The number of carbonyl (C=O) groups excluding carboxylic acids is 1. The summed E-state index contributed by atoms with van der Waals surface area (Å²) in [6, 6.07) is 20.2. The van der Waals surface area contributed by atoms with Gasteiger partial charge in [0.25, 0.3) is 0 Å². The zero-order valence-electron chi connectivity index (χ0n) is 9.62. The van der Waals surface area contributed by atoms with Crippen molar-refractivity contribution < 1.29 is 4.79 Å². The van der Waals surface area contributed by atoms with Crippen LogP contribution < -0.4 is 4.90 Å². The highest BCUT2D eigenvalue weighted by Gasteiger charge is 2.07. The lowest BCUT2D eigenvalue weighted by Crippen LogP contribution is -2.18. The molecule has 0 bridgehead atoms. The third-order valence-corrected chi connectivity index (χ3v) is 2.61. The summed E-state index contributed by atoms with van der Waals surface area (Å²) < 4.78 is 0. The summed E-state index contributed by atoms with van der Waals surface area (Å²) in [5.41, 5.74) is 2.22. The second kappa shape index (κ2) is 5.85. The lowest BCUT2D eigenvalue weighted by atomic mass is 10.2. The first-order valence-corrected chi connectivity index (χ1v) is 5.73. The molecule has 2 aromatic rings. The number of aldehydes is 1. The predicted molar refractivity (Wildman–Crippen MR) is 70.6 cm³/mol. The Labute approximate surface area is 102 Å². The second-order valence-electron chi connectivity index (χ2n) is 3.78. The van der Waals surface area contributed by atoms with Gasteiger partial charge in [-0.2, -0.15) is 0 Å². The van der Waals surface area contributed by atoms with E-state index in [0.717, 1.165) is 17.7 Å². The number of benzene rings is 2. The van der Waals surface area contributed by atoms with Gasteiger partial charge in [0.05, 0.1) is 0 Å². The lowest BCUT2D eigenvalue weighted by Gasteiger charge is -2.24. The monoisotopic (exact) mass is 225 g/mol. The molecular weight excluding hydrogens is 210 g/mol. The zero-order chi connectivity index (χ0) is 11.9. The molecule has 2 heteroatoms. The fourth-order valence-corrected chi connectivity index (χ4v) is 1.80. The van der Waals surface area contributed by atoms with E-state index in [-0.39, 0.29) is 0 Å². The van der Waals surface area contributed by atoms with E-state index in [9.17, 15) is 4.79 Å². The number of rotatable bonds is 5. The van der Waals surface area contributed by atoms with Crippen molar-refractivity contribution in [3.05, 3.63) is 60.7 Å². The fraction of sp³-hybridized carbons (Fsp3) is 0.133. The number of hydrogen-bond donors (Lipinski definition) is 0. The average Bonchev–Trinajstić information content (AvgIpc) is 2.42. The smallest absolute Gasteiger partial charge is 0.121 e. The van der Waals surface area contributed by atoms with Gasteiger partial charge in [-0.1, -0.05) is 36.4 Å². The van der Waals surface area contributed by atoms with Gasteiger partial charge in [0, 0.05) is 24.3 Å². The van der Waals surface area contributed by atoms with Crippen LogP contribution in [0.25, 0.3) is 0 Å². The molecule has 2 aromatic carbocycles. The van der Waals surface area contributed by atoms with E-state index in [4.69, 9.17) is 0 Å². The minimum absolute atomic E-state index is 0.532. The van der Waals surface area contributed by atoms with Gasteiger partial charge in [-0.25, -0.2) is 0 Å². The SMILES string of the molecule is O=CCCN(c1ccccc1)c1ccccc1. The predicted octanol–water partition coefficient (Wildman–Crippen LogP) is 3.41. The minimum atomic E-state index is 0.532. The Balaban J connectivity index is 2.29. The number of anilines is 2. The molecule has 0 unspecified atom stereocenters. The summed E-state index contributed by atoms with van der Waals surface area (Å²) >= 11 is 0. The molecule has 0 saturated heterocycles. The molecule has 2 rings (SSSR count). The summed E-state index contributed by atoms with van der Waals surface area (Å²) in [5.74, 6) is 0. The molecule has 0 amide bonds. The van der Waals surface area contributed by atoms with Crippen LogP contribution in [0.2, 0.25) is 0 Å². The van der Waals surface area contributed by atoms with Gasteiger partial charge in [0.15, 0.2) is 0 Å². The maximum absolute atomic E-state index is 10.5. The third-order valence-electron chi connectivity index (χ3n) is 2.61. The first-order chi connectivity index (χ1) is 8.42. The fourth-order valence-electron chi connectivity index (χ4n) is 1.80. The molecule has 0 fully saturated rings. The Morgan fingerprint density at radius 1 is 0.824 bits per heavy atom. The van der Waals surface area contributed by atoms with Crippen molar-refractivity contribution in [3.8, 4) is 0 Å². The van der Waals surface area contributed by atoms with Gasteiger partial charge in [0.1, 0.15) is 6.29 Å². The van der Waals surface area contributed by atoms with Gasteiger partial charge in [-0.05, 0) is 24.3 Å². The van der Waals surface area contributed by atoms with Crippen LogP contribution in [0.5, 0.6) is 0 Å². The number of hydrogen-bond acceptors (Lipinski definition) is 2. The standard InChI is InChI=1S/C15H15NO/c17-13-7-12-16(14-8-3-1-4-9-14)15-10-5-2-6-11-15/h1-6,8-11,13H,7,12H2. The number of nitrogens with zero attached hydrogens (tertiary/aromatic N) is 1. The van der Waals surface area contributed by atoms with Gasteiger partial charge >= 0.3 is 0 Å². The van der Waals surface area contributed by atoms with Crippen LogP contribution in [0, 0.1) is 0 Å². The first kappa shape index (κ1) is 11.4. The Bertz CT molecular complexity index is 413. The van der Waals surface area contributed by atoms with Crippen LogP contribution in [0.15, 0.2) is 60.7 Å². The van der Waals surface area contributed by atoms with Crippen LogP contribution in [0.1, 0.15) is 6.42 Å². The third kappa shape index (κ3) is 2.94. The van der Waals surface area contributed by atoms with E-state index < -0.39 is 0 Å². The van der Waals surface area contributed by atoms with Crippen molar-refractivity contribution in [2.45, 2.75) is 6.42 Å². The summed E-state index contributed by atoms with van der Waals surface area (Å²) in [4.78, 5) is 12.7. The summed E-state index contributed by atoms with van der Waals surface area (Å²) in [7, 11) is 0. The zero-order valence-corrected chi connectivity index (χ0v) is 9.62. The molecule has 0 atom stereocenters. The van der Waals surface area contributed by atoms with Crippen molar-refractivity contribution in [2.75, 3.05) is 11.4 Å². The van der Waals surface area contributed by atoms with Gasteiger partial charge in [-0.3, -0.25) is 0 Å². The van der Waals surface area contributed by atoms with E-state index in [1.165, 1.54) is 0 Å². The van der Waals surface area contributed by atoms with Crippen molar-refractivity contribution in [1.82, 2.24) is 0 Å². The number of carbonyl (C=O) groups is 1. The molecular formula is C15H15NO. The Morgan fingerprint density at radius 3 is 1.71 bits per heavy atom. The topological polar surface area (TPSA) is 20.3 Å². The highest BCUT2D eigenvalue weighted by molar-refractivity contribution is 5.64. The normalized spacial score (nSPS) is 9.88. The first-order valence-electron chi connectivity index (χ1n) is 5.73.